The van der Waals surface area contributed by atoms with Crippen molar-refractivity contribution in [2.75, 3.05) is 6.61 Å². The molecule has 0 aromatic heterocycles. The van der Waals surface area contributed by atoms with E-state index >= 15 is 0 Å². The van der Waals surface area contributed by atoms with Gasteiger partial charge in [-0.3, -0.25) is 0 Å². The Kier molecular flexibility index (Phi) is 2.58. The van der Waals surface area contributed by atoms with Gasteiger partial charge in [-0.2, -0.15) is 0 Å². The van der Waals surface area contributed by atoms with Crippen LogP contribution in [-0.2, 0) is 9.62 Å². The SMILES string of the molecule is OO[C@@H]1C[C@H](O)[C@H](O)CO1. The summed E-state index contributed by atoms with van der Waals surface area (Å²) in [6.07, 6.45) is -2.45. The van der Waals surface area contributed by atoms with Crippen LogP contribution in [0, 0.1) is 0 Å². The van der Waals surface area contributed by atoms with Crippen molar-refractivity contribution in [3.05, 3.63) is 0 Å². The number of hydrogen-bond acceptors (Lipinski definition) is 5. The summed E-state index contributed by atoms with van der Waals surface area (Å²) in [7, 11) is 0. The first-order valence-electron chi connectivity index (χ1n) is 3.02. The highest BCUT2D eigenvalue weighted by Crippen LogP contribution is 2.13. The maximum absolute atomic E-state index is 8.96. The van der Waals surface area contributed by atoms with Crippen molar-refractivity contribution in [3.63, 3.8) is 0 Å². The van der Waals surface area contributed by atoms with Crippen molar-refractivity contribution >= 4 is 0 Å². The fraction of sp³-hybridized carbons (Fsp3) is 1.00. The first-order valence-corrected chi connectivity index (χ1v) is 3.02. The van der Waals surface area contributed by atoms with Gasteiger partial charge in [0.15, 0.2) is 6.29 Å². The van der Waals surface area contributed by atoms with Gasteiger partial charge in [0.05, 0.1) is 12.7 Å². The van der Waals surface area contributed by atoms with Crippen LogP contribution >= 0.6 is 0 Å². The molecular weight excluding hydrogens is 140 g/mol. The molecule has 10 heavy (non-hydrogen) atoms. The summed E-state index contributed by atoms with van der Waals surface area (Å²) in [4.78, 5) is 3.82. The topological polar surface area (TPSA) is 79.2 Å². The average Bonchev–Trinajstić information content (AvgIpc) is 1.95. The molecule has 0 spiro atoms. The molecule has 1 aliphatic heterocycles. The van der Waals surface area contributed by atoms with Gasteiger partial charge >= 0.3 is 0 Å². The Bertz CT molecular complexity index is 106. The Labute approximate surface area is 57.7 Å². The molecule has 1 rings (SSSR count). The molecule has 0 aromatic rings. The molecule has 0 aliphatic carbocycles. The number of ether oxygens (including phenoxy) is 1. The maximum atomic E-state index is 8.96. The van der Waals surface area contributed by atoms with Crippen molar-refractivity contribution in [1.82, 2.24) is 0 Å². The van der Waals surface area contributed by atoms with Crippen LogP contribution in [0.2, 0.25) is 0 Å². The van der Waals surface area contributed by atoms with Crippen LogP contribution in [0.25, 0.3) is 0 Å². The first-order chi connectivity index (χ1) is 4.74. The Morgan fingerprint density at radius 2 is 2.00 bits per heavy atom. The third-order valence-corrected chi connectivity index (χ3v) is 1.45. The predicted octanol–water partition coefficient (Wildman–Crippen LogP) is -1.06. The Balaban J connectivity index is 2.33. The van der Waals surface area contributed by atoms with Crippen molar-refractivity contribution in [2.45, 2.75) is 24.9 Å². The van der Waals surface area contributed by atoms with Crippen molar-refractivity contribution < 1.29 is 25.1 Å². The lowest BCUT2D eigenvalue weighted by Gasteiger charge is -2.27. The number of hydrogen-bond donors (Lipinski definition) is 3. The van der Waals surface area contributed by atoms with E-state index in [9.17, 15) is 0 Å². The highest BCUT2D eigenvalue weighted by molar-refractivity contribution is 4.72. The van der Waals surface area contributed by atoms with Gasteiger partial charge in [0, 0.05) is 6.42 Å². The Morgan fingerprint density at radius 1 is 1.30 bits per heavy atom. The smallest absolute Gasteiger partial charge is 0.193 e. The Hall–Kier alpha value is -0.200. The molecule has 0 amide bonds. The molecule has 1 aliphatic rings. The highest BCUT2D eigenvalue weighted by Gasteiger charge is 2.28. The summed E-state index contributed by atoms with van der Waals surface area (Å²) in [6.45, 7) is -0.00755. The minimum Gasteiger partial charge on any atom is -0.390 e. The van der Waals surface area contributed by atoms with Gasteiger partial charge in [0.2, 0.25) is 0 Å². The summed E-state index contributed by atoms with van der Waals surface area (Å²) < 4.78 is 4.73. The lowest BCUT2D eigenvalue weighted by Crippen LogP contribution is -2.41. The molecule has 0 bridgehead atoms. The van der Waals surface area contributed by atoms with Crippen molar-refractivity contribution in [2.24, 2.45) is 0 Å². The zero-order chi connectivity index (χ0) is 7.56. The van der Waals surface area contributed by atoms with Gasteiger partial charge < -0.3 is 14.9 Å². The van der Waals surface area contributed by atoms with E-state index in [0.29, 0.717) is 0 Å². The van der Waals surface area contributed by atoms with E-state index in [1.807, 2.05) is 0 Å². The van der Waals surface area contributed by atoms with E-state index in [4.69, 9.17) is 20.2 Å². The van der Waals surface area contributed by atoms with Crippen LogP contribution in [0.15, 0.2) is 0 Å². The molecule has 5 nitrogen and oxygen atoms in total. The fourth-order valence-electron chi connectivity index (χ4n) is 0.813. The molecular formula is C5H10O5. The summed E-state index contributed by atoms with van der Waals surface area (Å²) in [5.74, 6) is 0. The van der Waals surface area contributed by atoms with Gasteiger partial charge in [-0.15, -0.1) is 0 Å². The van der Waals surface area contributed by atoms with E-state index in [1.54, 1.807) is 0 Å². The summed E-state index contributed by atoms with van der Waals surface area (Å²) in [5, 5.41) is 25.9. The zero-order valence-corrected chi connectivity index (χ0v) is 5.30. The van der Waals surface area contributed by atoms with Crippen LogP contribution in [-0.4, -0.2) is 40.6 Å². The Morgan fingerprint density at radius 3 is 2.50 bits per heavy atom. The van der Waals surface area contributed by atoms with Crippen LogP contribution in [0.1, 0.15) is 6.42 Å². The van der Waals surface area contributed by atoms with E-state index in [1.165, 1.54) is 0 Å². The van der Waals surface area contributed by atoms with Gasteiger partial charge in [-0.05, 0) is 0 Å². The summed E-state index contributed by atoms with van der Waals surface area (Å²) >= 11 is 0. The van der Waals surface area contributed by atoms with Crippen molar-refractivity contribution in [3.8, 4) is 0 Å². The number of aliphatic hydroxyl groups is 2. The first kappa shape index (κ1) is 7.90. The largest absolute Gasteiger partial charge is 0.390 e. The molecule has 1 saturated heterocycles. The predicted molar refractivity (Wildman–Crippen MR) is 30.1 cm³/mol. The second-order valence-electron chi connectivity index (χ2n) is 2.24. The summed E-state index contributed by atoms with van der Waals surface area (Å²) in [5.41, 5.74) is 0. The maximum Gasteiger partial charge on any atom is 0.193 e. The molecule has 0 aromatic carbocycles. The van der Waals surface area contributed by atoms with E-state index in [2.05, 4.69) is 4.89 Å². The fourth-order valence-corrected chi connectivity index (χ4v) is 0.813. The van der Waals surface area contributed by atoms with Gasteiger partial charge in [-0.25, -0.2) is 10.1 Å². The van der Waals surface area contributed by atoms with Gasteiger partial charge in [-0.1, -0.05) is 0 Å². The summed E-state index contributed by atoms with van der Waals surface area (Å²) in [6, 6.07) is 0. The minimum absolute atomic E-state index is 0.00755. The van der Waals surface area contributed by atoms with E-state index in [0.717, 1.165) is 0 Å². The quantitative estimate of drug-likeness (QED) is 0.328. The lowest BCUT2D eigenvalue weighted by atomic mass is 10.1. The molecule has 5 heteroatoms. The molecule has 0 unspecified atom stereocenters. The second-order valence-corrected chi connectivity index (χ2v) is 2.24. The lowest BCUT2D eigenvalue weighted by molar-refractivity contribution is -0.366. The standard InChI is InChI=1S/C5H10O5/c6-3-1-5(10-8)9-2-4(3)7/h3-8H,1-2H2/t3-,4+,5+/m0/s1. The average molecular weight is 150 g/mol. The molecule has 1 heterocycles. The van der Waals surface area contributed by atoms with Crippen molar-refractivity contribution in [1.29, 1.82) is 0 Å². The van der Waals surface area contributed by atoms with E-state index < -0.39 is 18.5 Å². The van der Waals surface area contributed by atoms with Crippen LogP contribution in [0.4, 0.5) is 0 Å². The van der Waals surface area contributed by atoms with Gasteiger partial charge in [0.1, 0.15) is 6.10 Å². The normalized spacial score (nSPS) is 41.7. The van der Waals surface area contributed by atoms with Crippen LogP contribution < -0.4 is 0 Å². The monoisotopic (exact) mass is 150 g/mol. The highest BCUT2D eigenvalue weighted by atomic mass is 17.1. The van der Waals surface area contributed by atoms with Gasteiger partial charge in [0.25, 0.3) is 0 Å². The third-order valence-electron chi connectivity index (χ3n) is 1.45. The molecule has 60 valence electrons. The number of rotatable bonds is 1. The second kappa shape index (κ2) is 3.27. The molecule has 0 radical (unpaired) electrons. The van der Waals surface area contributed by atoms with Crippen LogP contribution in [0.5, 0.6) is 0 Å². The zero-order valence-electron chi connectivity index (χ0n) is 5.30. The third kappa shape index (κ3) is 1.65. The van der Waals surface area contributed by atoms with Crippen LogP contribution in [0.3, 0.4) is 0 Å². The van der Waals surface area contributed by atoms with E-state index in [-0.39, 0.29) is 13.0 Å². The molecule has 1 fully saturated rings. The molecule has 0 saturated carbocycles. The molecule has 3 N–H and O–H groups in total. The minimum atomic E-state index is -0.870. The molecule has 3 atom stereocenters. The number of aliphatic hydroxyl groups excluding tert-OH is 2.